The van der Waals surface area contributed by atoms with Gasteiger partial charge in [0.05, 0.1) is 5.69 Å². The summed E-state index contributed by atoms with van der Waals surface area (Å²) in [6.07, 6.45) is 0. The average molecular weight is 892 g/mol. The number of rotatable bonds is 5. The molecule has 11 rings (SSSR count). The van der Waals surface area contributed by atoms with Crippen LogP contribution in [0.25, 0.3) is 21.9 Å². The van der Waals surface area contributed by atoms with Crippen molar-refractivity contribution in [2.75, 3.05) is 14.7 Å². The van der Waals surface area contributed by atoms with Gasteiger partial charge in [0, 0.05) is 79.2 Å². The summed E-state index contributed by atoms with van der Waals surface area (Å²) >= 11 is 0. The van der Waals surface area contributed by atoms with Crippen LogP contribution in [0, 0.1) is 0 Å². The number of para-hydroxylation sites is 2. The van der Waals surface area contributed by atoms with Gasteiger partial charge in [-0.3, -0.25) is 0 Å². The fourth-order valence-electron chi connectivity index (χ4n) is 10.3. The minimum absolute atomic E-state index is 0.00815. The topological polar surface area (TPSA) is 36.0 Å². The van der Waals surface area contributed by atoms with E-state index in [0.29, 0.717) is 0 Å². The van der Waals surface area contributed by atoms with E-state index in [1.54, 1.807) is 0 Å². The van der Waals surface area contributed by atoms with Gasteiger partial charge in [-0.25, -0.2) is 0 Å². The van der Waals surface area contributed by atoms with Crippen LogP contribution in [0.5, 0.6) is 0 Å². The second-order valence-electron chi connectivity index (χ2n) is 23.2. The summed E-state index contributed by atoms with van der Waals surface area (Å²) in [6.45, 7) is 27.0. The van der Waals surface area contributed by atoms with Gasteiger partial charge in [-0.05, 0) is 117 Å². The number of fused-ring (bicyclic) bond motifs is 6. The summed E-state index contributed by atoms with van der Waals surface area (Å²) < 4.78 is 13.6. The molecule has 2 aliphatic heterocycles. The zero-order chi connectivity index (χ0) is 47.7. The Bertz CT molecular complexity index is 3350. The molecule has 0 saturated carbocycles. The van der Waals surface area contributed by atoms with Crippen LogP contribution in [0.1, 0.15) is 106 Å². The van der Waals surface area contributed by atoms with E-state index in [0.717, 1.165) is 79.0 Å². The van der Waals surface area contributed by atoms with Crippen molar-refractivity contribution in [3.05, 3.63) is 180 Å². The van der Waals surface area contributed by atoms with Crippen molar-refractivity contribution >= 4 is 96.2 Å². The Morgan fingerprint density at radius 3 is 1.44 bits per heavy atom. The summed E-state index contributed by atoms with van der Waals surface area (Å²) in [5.74, 6) is 1.94. The maximum absolute atomic E-state index is 6.85. The molecular weight excluding hydrogens is 830 g/mol. The third kappa shape index (κ3) is 7.31. The lowest BCUT2D eigenvalue weighted by atomic mass is 9.33. The summed E-state index contributed by atoms with van der Waals surface area (Å²) in [4.78, 5) is 7.41. The number of anilines is 9. The van der Waals surface area contributed by atoms with Crippen LogP contribution >= 0.6 is 0 Å². The molecule has 0 atom stereocenters. The lowest BCUT2D eigenvalue weighted by Gasteiger charge is -2.45. The minimum Gasteiger partial charge on any atom is -0.460 e. The molecule has 0 N–H and O–H groups in total. The average Bonchev–Trinajstić information content (AvgIpc) is 3.93. The van der Waals surface area contributed by atoms with Crippen LogP contribution in [-0.4, -0.2) is 6.71 Å². The van der Waals surface area contributed by atoms with E-state index >= 15 is 0 Å². The van der Waals surface area contributed by atoms with Crippen molar-refractivity contribution in [2.45, 2.75) is 105 Å². The van der Waals surface area contributed by atoms with Gasteiger partial charge in [-0.2, -0.15) is 0 Å². The van der Waals surface area contributed by atoms with E-state index in [9.17, 15) is 0 Å². The number of benzene rings is 7. The largest absolute Gasteiger partial charge is 0.460 e. The van der Waals surface area contributed by atoms with Gasteiger partial charge in [-0.15, -0.1) is 0 Å². The molecule has 0 radical (unpaired) electrons. The second kappa shape index (κ2) is 15.3. The van der Waals surface area contributed by atoms with Crippen molar-refractivity contribution in [2.24, 2.45) is 0 Å². The Balaban J connectivity index is 1.28. The molecular formula is C62H62BN3O2. The monoisotopic (exact) mass is 891 g/mol. The summed E-state index contributed by atoms with van der Waals surface area (Å²) in [5.41, 5.74) is 17.7. The van der Waals surface area contributed by atoms with Crippen LogP contribution < -0.4 is 31.1 Å². The fraction of sp³-hybridized carbons (Fsp3) is 0.258. The predicted molar refractivity (Wildman–Crippen MR) is 289 cm³/mol. The highest BCUT2D eigenvalue weighted by atomic mass is 16.3. The second-order valence-corrected chi connectivity index (χ2v) is 23.2. The smallest absolute Gasteiger partial charge is 0.252 e. The van der Waals surface area contributed by atoms with Gasteiger partial charge in [0.1, 0.15) is 22.7 Å². The van der Waals surface area contributed by atoms with Gasteiger partial charge in [-0.1, -0.05) is 150 Å². The van der Waals surface area contributed by atoms with Crippen molar-refractivity contribution in [3.8, 4) is 0 Å². The van der Waals surface area contributed by atoms with Crippen molar-refractivity contribution in [3.63, 3.8) is 0 Å². The molecule has 9 aromatic rings. The molecule has 0 spiro atoms. The van der Waals surface area contributed by atoms with Crippen LogP contribution in [0.4, 0.5) is 51.2 Å². The van der Waals surface area contributed by atoms with Crippen LogP contribution in [0.2, 0.25) is 0 Å². The molecule has 340 valence electrons. The molecule has 7 aromatic carbocycles. The summed E-state index contributed by atoms with van der Waals surface area (Å²) in [7, 11) is 0. The third-order valence-corrected chi connectivity index (χ3v) is 14.1. The van der Waals surface area contributed by atoms with Gasteiger partial charge >= 0.3 is 0 Å². The minimum atomic E-state index is -0.167. The first-order valence-electron chi connectivity index (χ1n) is 24.3. The highest BCUT2D eigenvalue weighted by Crippen LogP contribution is 2.50. The van der Waals surface area contributed by atoms with Crippen LogP contribution in [0.3, 0.4) is 0 Å². The number of furan rings is 2. The normalized spacial score (nSPS) is 13.8. The quantitative estimate of drug-likeness (QED) is 0.161. The number of hydrogen-bond donors (Lipinski definition) is 0. The van der Waals surface area contributed by atoms with Crippen molar-refractivity contribution < 1.29 is 8.83 Å². The molecule has 4 heterocycles. The summed E-state index contributed by atoms with van der Waals surface area (Å²) in [6, 6.07) is 58.8. The van der Waals surface area contributed by atoms with E-state index in [-0.39, 0.29) is 28.4 Å². The van der Waals surface area contributed by atoms with E-state index in [1.165, 1.54) is 33.2 Å². The Labute approximate surface area is 403 Å². The molecule has 0 saturated heterocycles. The molecule has 0 unspecified atom stereocenters. The van der Waals surface area contributed by atoms with Crippen molar-refractivity contribution in [1.29, 1.82) is 0 Å². The van der Waals surface area contributed by atoms with Crippen LogP contribution in [0.15, 0.2) is 167 Å². The molecule has 0 fully saturated rings. The molecule has 2 aliphatic rings. The van der Waals surface area contributed by atoms with E-state index in [1.807, 2.05) is 0 Å². The molecule has 0 bridgehead atoms. The Morgan fingerprint density at radius 2 is 0.882 bits per heavy atom. The van der Waals surface area contributed by atoms with Gasteiger partial charge in [0.25, 0.3) is 6.71 Å². The highest BCUT2D eigenvalue weighted by molar-refractivity contribution is 7.00. The molecule has 0 aliphatic carbocycles. The fourth-order valence-corrected chi connectivity index (χ4v) is 10.3. The van der Waals surface area contributed by atoms with E-state index in [4.69, 9.17) is 8.83 Å². The maximum atomic E-state index is 6.85. The van der Waals surface area contributed by atoms with Crippen molar-refractivity contribution in [1.82, 2.24) is 0 Å². The Hall–Kier alpha value is -6.92. The number of hydrogen-bond acceptors (Lipinski definition) is 5. The Morgan fingerprint density at radius 1 is 0.382 bits per heavy atom. The first-order valence-corrected chi connectivity index (χ1v) is 24.3. The molecule has 2 aromatic heterocycles. The third-order valence-electron chi connectivity index (χ3n) is 14.1. The number of nitrogens with zero attached hydrogens (tertiary/aromatic N) is 3. The first kappa shape index (κ1) is 43.6. The predicted octanol–water partition coefficient (Wildman–Crippen LogP) is 15.9. The van der Waals surface area contributed by atoms with E-state index in [2.05, 4.69) is 256 Å². The molecule has 0 amide bonds. The lowest BCUT2D eigenvalue weighted by Crippen LogP contribution is -2.61. The van der Waals surface area contributed by atoms with Gasteiger partial charge < -0.3 is 23.5 Å². The first-order chi connectivity index (χ1) is 32.2. The summed E-state index contributed by atoms with van der Waals surface area (Å²) in [5, 5.41) is 2.20. The maximum Gasteiger partial charge on any atom is 0.252 e. The van der Waals surface area contributed by atoms with Crippen LogP contribution in [-0.2, 0) is 21.7 Å². The molecule has 5 nitrogen and oxygen atoms in total. The lowest BCUT2D eigenvalue weighted by molar-refractivity contribution is 0.430. The molecule has 68 heavy (non-hydrogen) atoms. The molecule has 6 heteroatoms. The highest BCUT2D eigenvalue weighted by Gasteiger charge is 2.45. The standard InChI is InChI=1S/C62H62BN3O2/c1-59(2,3)41-24-28-45(29-25-41)65-50-30-26-42(60(4,5)6)34-49(50)63-48-31-40-33-57(62(10,11)12)68-55(40)38-51(48)66(46-27-23-39-32-56(61(7,8)9)67-54(39)37-46)53-36-47(35-52(65)58(53)63)64(43-19-15-13-16-20-43)44-21-17-14-18-22-44/h13-38H,1-12H3. The van der Waals surface area contributed by atoms with Gasteiger partial charge in [0.2, 0.25) is 0 Å². The van der Waals surface area contributed by atoms with E-state index < -0.39 is 0 Å². The zero-order valence-corrected chi connectivity index (χ0v) is 41.7. The SMILES string of the molecule is CC(C)(C)c1ccc(N2c3ccc(C(C)(C)C)cc3B3c4cc5cc(C(C)(C)C)oc5cc4N(c4ccc5cc(C(C)(C)C)oc5c4)c4cc(N(c5ccccc5)c5ccccc5)cc2c43)cc1. The van der Waals surface area contributed by atoms with Gasteiger partial charge in [0.15, 0.2) is 0 Å². The zero-order valence-electron chi connectivity index (χ0n) is 41.7. The Kier molecular flexibility index (Phi) is 9.82.